The lowest BCUT2D eigenvalue weighted by atomic mass is 10.2. The molecule has 0 unspecified atom stereocenters. The molecule has 0 bridgehead atoms. The van der Waals surface area contributed by atoms with E-state index >= 15 is 0 Å². The Morgan fingerprint density at radius 3 is 2.80 bits per heavy atom. The zero-order valence-electron chi connectivity index (χ0n) is 8.09. The minimum Gasteiger partial charge on any atom is -0.313 e. The van der Waals surface area contributed by atoms with Gasteiger partial charge in [0, 0.05) is 5.39 Å². The molecule has 1 heterocycles. The summed E-state index contributed by atoms with van der Waals surface area (Å²) in [4.78, 5) is 8.50. The molecular formula is C10H9Cl2N3. The summed E-state index contributed by atoms with van der Waals surface area (Å²) in [5.74, 6) is 0.642. The smallest absolute Gasteiger partial charge is 0.144 e. The molecule has 2 aromatic rings. The molecule has 0 atom stereocenters. The standard InChI is InChI=1S/C10H9Cl2N3/c1-13-5-8-14-9-6(10(12)15-8)3-2-4-7(9)11/h2-4,13H,5H2,1H3. The van der Waals surface area contributed by atoms with Gasteiger partial charge in [-0.05, 0) is 19.2 Å². The highest BCUT2D eigenvalue weighted by molar-refractivity contribution is 6.38. The van der Waals surface area contributed by atoms with E-state index in [1.807, 2.05) is 19.2 Å². The summed E-state index contributed by atoms with van der Waals surface area (Å²) in [6, 6.07) is 5.47. The summed E-state index contributed by atoms with van der Waals surface area (Å²) in [5.41, 5.74) is 0.699. The van der Waals surface area contributed by atoms with Crippen molar-refractivity contribution in [3.05, 3.63) is 34.2 Å². The van der Waals surface area contributed by atoms with E-state index in [1.165, 1.54) is 0 Å². The number of para-hydroxylation sites is 1. The van der Waals surface area contributed by atoms with Crippen molar-refractivity contribution in [3.8, 4) is 0 Å². The fourth-order valence-electron chi connectivity index (χ4n) is 1.36. The van der Waals surface area contributed by atoms with Crippen LogP contribution in [0.25, 0.3) is 10.9 Å². The lowest BCUT2D eigenvalue weighted by Crippen LogP contribution is -2.09. The molecule has 0 saturated carbocycles. The molecule has 5 heteroatoms. The van der Waals surface area contributed by atoms with Crippen LogP contribution < -0.4 is 5.32 Å². The number of nitrogens with one attached hydrogen (secondary N) is 1. The third-order valence-electron chi connectivity index (χ3n) is 2.01. The summed E-state index contributed by atoms with van der Waals surface area (Å²) in [5, 5.41) is 4.78. The van der Waals surface area contributed by atoms with Crippen LogP contribution in [0.2, 0.25) is 10.2 Å². The monoisotopic (exact) mass is 241 g/mol. The van der Waals surface area contributed by atoms with Crippen molar-refractivity contribution in [1.29, 1.82) is 0 Å². The molecular weight excluding hydrogens is 233 g/mol. The number of hydrogen-bond donors (Lipinski definition) is 1. The molecule has 0 fully saturated rings. The highest BCUT2D eigenvalue weighted by atomic mass is 35.5. The van der Waals surface area contributed by atoms with Crippen molar-refractivity contribution in [3.63, 3.8) is 0 Å². The summed E-state index contributed by atoms with van der Waals surface area (Å²) in [6.07, 6.45) is 0. The molecule has 3 nitrogen and oxygen atoms in total. The van der Waals surface area contributed by atoms with Crippen molar-refractivity contribution in [1.82, 2.24) is 15.3 Å². The minimum atomic E-state index is 0.438. The first-order valence-corrected chi connectivity index (χ1v) is 5.23. The molecule has 0 spiro atoms. The van der Waals surface area contributed by atoms with Gasteiger partial charge in [0.2, 0.25) is 0 Å². The van der Waals surface area contributed by atoms with E-state index in [0.717, 1.165) is 5.39 Å². The van der Waals surface area contributed by atoms with Crippen molar-refractivity contribution in [2.45, 2.75) is 6.54 Å². The van der Waals surface area contributed by atoms with Crippen molar-refractivity contribution < 1.29 is 0 Å². The van der Waals surface area contributed by atoms with Gasteiger partial charge in [0.15, 0.2) is 0 Å². The van der Waals surface area contributed by atoms with Crippen LogP contribution in [-0.4, -0.2) is 17.0 Å². The second-order valence-corrected chi connectivity index (χ2v) is 3.86. The van der Waals surface area contributed by atoms with Gasteiger partial charge in [-0.25, -0.2) is 9.97 Å². The Bertz CT molecular complexity index is 499. The van der Waals surface area contributed by atoms with Crippen molar-refractivity contribution in [2.24, 2.45) is 0 Å². The molecule has 0 aliphatic carbocycles. The van der Waals surface area contributed by atoms with E-state index in [4.69, 9.17) is 23.2 Å². The van der Waals surface area contributed by atoms with E-state index < -0.39 is 0 Å². The van der Waals surface area contributed by atoms with Gasteiger partial charge in [0.25, 0.3) is 0 Å². The number of benzene rings is 1. The Morgan fingerprint density at radius 1 is 1.27 bits per heavy atom. The minimum absolute atomic E-state index is 0.438. The van der Waals surface area contributed by atoms with Crippen molar-refractivity contribution in [2.75, 3.05) is 7.05 Å². The summed E-state index contributed by atoms with van der Waals surface area (Å²) in [6.45, 7) is 0.570. The SMILES string of the molecule is CNCc1nc(Cl)c2cccc(Cl)c2n1. The van der Waals surface area contributed by atoms with Crippen LogP contribution in [-0.2, 0) is 6.54 Å². The van der Waals surface area contributed by atoms with E-state index in [0.29, 0.717) is 28.1 Å². The average Bonchev–Trinajstić information content (AvgIpc) is 2.20. The molecule has 0 radical (unpaired) electrons. The zero-order chi connectivity index (χ0) is 10.8. The number of rotatable bonds is 2. The van der Waals surface area contributed by atoms with Crippen LogP contribution in [0.5, 0.6) is 0 Å². The number of aromatic nitrogens is 2. The lowest BCUT2D eigenvalue weighted by molar-refractivity contribution is 0.764. The summed E-state index contributed by atoms with van der Waals surface area (Å²) >= 11 is 12.1. The highest BCUT2D eigenvalue weighted by Crippen LogP contribution is 2.25. The van der Waals surface area contributed by atoms with Crippen LogP contribution in [0.15, 0.2) is 18.2 Å². The fraction of sp³-hybridized carbons (Fsp3) is 0.200. The lowest BCUT2D eigenvalue weighted by Gasteiger charge is -2.04. The second kappa shape index (κ2) is 4.31. The predicted octanol–water partition coefficient (Wildman–Crippen LogP) is 2.66. The second-order valence-electron chi connectivity index (χ2n) is 3.10. The quantitative estimate of drug-likeness (QED) is 0.822. The number of fused-ring (bicyclic) bond motifs is 1. The summed E-state index contributed by atoms with van der Waals surface area (Å²) < 4.78 is 0. The van der Waals surface area contributed by atoms with Gasteiger partial charge in [-0.15, -0.1) is 0 Å². The number of hydrogen-bond acceptors (Lipinski definition) is 3. The van der Waals surface area contributed by atoms with E-state index in [2.05, 4.69) is 15.3 Å². The molecule has 2 rings (SSSR count). The summed E-state index contributed by atoms with van der Waals surface area (Å²) in [7, 11) is 1.83. The van der Waals surface area contributed by atoms with Crippen LogP contribution >= 0.6 is 23.2 Å². The van der Waals surface area contributed by atoms with Gasteiger partial charge in [-0.2, -0.15) is 0 Å². The Hall–Kier alpha value is -0.900. The number of halogens is 2. The molecule has 0 saturated heterocycles. The molecule has 0 amide bonds. The van der Waals surface area contributed by atoms with Gasteiger partial charge >= 0.3 is 0 Å². The van der Waals surface area contributed by atoms with Gasteiger partial charge in [0.05, 0.1) is 17.1 Å². The Balaban J connectivity index is 2.68. The van der Waals surface area contributed by atoms with Crippen LogP contribution in [0.4, 0.5) is 0 Å². The normalized spacial score (nSPS) is 10.9. The van der Waals surface area contributed by atoms with Crippen LogP contribution in [0.3, 0.4) is 0 Å². The van der Waals surface area contributed by atoms with Gasteiger partial charge in [0.1, 0.15) is 11.0 Å². The molecule has 1 N–H and O–H groups in total. The molecule has 78 valence electrons. The molecule has 1 aromatic heterocycles. The maximum absolute atomic E-state index is 6.03. The first-order valence-electron chi connectivity index (χ1n) is 4.47. The number of nitrogens with zero attached hydrogens (tertiary/aromatic N) is 2. The van der Waals surface area contributed by atoms with E-state index in [9.17, 15) is 0 Å². The van der Waals surface area contributed by atoms with Crippen LogP contribution in [0, 0.1) is 0 Å². The largest absolute Gasteiger partial charge is 0.313 e. The molecule has 1 aromatic carbocycles. The van der Waals surface area contributed by atoms with Crippen LogP contribution in [0.1, 0.15) is 5.82 Å². The Labute approximate surface area is 97.4 Å². The third-order valence-corrected chi connectivity index (χ3v) is 2.61. The third kappa shape index (κ3) is 2.04. The maximum atomic E-state index is 6.03. The first-order chi connectivity index (χ1) is 7.22. The Morgan fingerprint density at radius 2 is 2.07 bits per heavy atom. The average molecular weight is 242 g/mol. The maximum Gasteiger partial charge on any atom is 0.144 e. The Kier molecular flexibility index (Phi) is 3.05. The molecule has 0 aliphatic heterocycles. The highest BCUT2D eigenvalue weighted by Gasteiger charge is 2.07. The molecule has 0 aliphatic rings. The van der Waals surface area contributed by atoms with Gasteiger partial charge in [-0.1, -0.05) is 29.3 Å². The molecule has 15 heavy (non-hydrogen) atoms. The topological polar surface area (TPSA) is 37.8 Å². The van der Waals surface area contributed by atoms with E-state index in [-0.39, 0.29) is 0 Å². The van der Waals surface area contributed by atoms with Gasteiger partial charge in [-0.3, -0.25) is 0 Å². The van der Waals surface area contributed by atoms with E-state index in [1.54, 1.807) is 6.07 Å². The van der Waals surface area contributed by atoms with Crippen molar-refractivity contribution >= 4 is 34.1 Å². The fourth-order valence-corrected chi connectivity index (χ4v) is 1.83. The zero-order valence-corrected chi connectivity index (χ0v) is 9.60. The van der Waals surface area contributed by atoms with Gasteiger partial charge < -0.3 is 5.32 Å². The predicted molar refractivity (Wildman–Crippen MR) is 62.3 cm³/mol. The first kappa shape index (κ1) is 10.6.